The molecule has 0 radical (unpaired) electrons. The highest BCUT2D eigenvalue weighted by atomic mass is 16.5. The fourth-order valence-corrected chi connectivity index (χ4v) is 3.49. The van der Waals surface area contributed by atoms with Crippen LogP contribution < -0.4 is 10.1 Å². The molecule has 3 aromatic rings. The highest BCUT2D eigenvalue weighted by Gasteiger charge is 2.32. The van der Waals surface area contributed by atoms with Gasteiger partial charge in [0.25, 0.3) is 0 Å². The van der Waals surface area contributed by atoms with Gasteiger partial charge in [-0.2, -0.15) is 4.98 Å². The van der Waals surface area contributed by atoms with Crippen molar-refractivity contribution in [2.75, 3.05) is 19.0 Å². The quantitative estimate of drug-likeness (QED) is 0.689. The molecule has 1 aromatic heterocycles. The van der Waals surface area contributed by atoms with Crippen molar-refractivity contribution in [1.82, 2.24) is 15.0 Å². The number of likely N-dealkylation sites (tertiary alicyclic amines) is 1. The molecule has 1 aliphatic heterocycles. The van der Waals surface area contributed by atoms with E-state index < -0.39 is 0 Å². The van der Waals surface area contributed by atoms with E-state index in [4.69, 9.17) is 9.26 Å². The first kappa shape index (κ1) is 19.0. The fourth-order valence-electron chi connectivity index (χ4n) is 3.49. The van der Waals surface area contributed by atoms with E-state index in [1.807, 2.05) is 55.5 Å². The Morgan fingerprint density at radius 2 is 1.90 bits per heavy atom. The number of nitrogens with zero attached hydrogens (tertiary/aromatic N) is 3. The number of rotatable bonds is 4. The van der Waals surface area contributed by atoms with Gasteiger partial charge in [-0.3, -0.25) is 0 Å². The normalized spacial score (nSPS) is 16.5. The molecule has 0 saturated carbocycles. The molecule has 4 rings (SSSR count). The summed E-state index contributed by atoms with van der Waals surface area (Å²) in [5.74, 6) is 1.76. The maximum atomic E-state index is 12.9. The third-order valence-electron chi connectivity index (χ3n) is 5.14. The molecule has 1 fully saturated rings. The molecule has 1 saturated heterocycles. The molecule has 0 unspecified atom stereocenters. The van der Waals surface area contributed by atoms with Crippen LogP contribution >= 0.6 is 0 Å². The molecule has 0 bridgehead atoms. The third-order valence-corrected chi connectivity index (χ3v) is 5.14. The summed E-state index contributed by atoms with van der Waals surface area (Å²) in [7, 11) is 1.61. The lowest BCUT2D eigenvalue weighted by Crippen LogP contribution is -2.41. The monoisotopic (exact) mass is 392 g/mol. The van der Waals surface area contributed by atoms with Gasteiger partial charge in [-0.15, -0.1) is 0 Å². The number of piperidine rings is 1. The minimum Gasteiger partial charge on any atom is -0.497 e. The van der Waals surface area contributed by atoms with Gasteiger partial charge in [0.05, 0.1) is 7.11 Å². The Morgan fingerprint density at radius 1 is 1.14 bits per heavy atom. The van der Waals surface area contributed by atoms with Crippen molar-refractivity contribution in [2.24, 2.45) is 0 Å². The average Bonchev–Trinajstić information content (AvgIpc) is 3.25. The van der Waals surface area contributed by atoms with Crippen molar-refractivity contribution in [3.63, 3.8) is 0 Å². The topological polar surface area (TPSA) is 80.5 Å². The first-order valence-electron chi connectivity index (χ1n) is 9.76. The predicted molar refractivity (Wildman–Crippen MR) is 110 cm³/mol. The standard InChI is InChI=1S/C22H24N4O3/c1-15-6-8-16(9-7-15)20-24-21(29-25-20)19-5-3-4-14-26(19)22(27)23-17-10-12-18(28-2)13-11-17/h6-13,19H,3-5,14H2,1-2H3,(H,23,27)/t19-/m1/s1. The van der Waals surface area contributed by atoms with Gasteiger partial charge >= 0.3 is 6.03 Å². The molecule has 1 atom stereocenters. The van der Waals surface area contributed by atoms with Crippen LogP contribution in [0.4, 0.5) is 10.5 Å². The Morgan fingerprint density at radius 3 is 2.62 bits per heavy atom. The van der Waals surface area contributed by atoms with Crippen LogP contribution in [-0.2, 0) is 0 Å². The molecule has 0 aliphatic carbocycles. The minimum absolute atomic E-state index is 0.171. The lowest BCUT2D eigenvalue weighted by Gasteiger charge is -2.33. The van der Waals surface area contributed by atoms with E-state index in [-0.39, 0.29) is 12.1 Å². The highest BCUT2D eigenvalue weighted by Crippen LogP contribution is 2.32. The number of urea groups is 1. The number of benzene rings is 2. The van der Waals surface area contributed by atoms with Crippen LogP contribution in [0.15, 0.2) is 53.1 Å². The van der Waals surface area contributed by atoms with Crippen molar-refractivity contribution in [3.8, 4) is 17.1 Å². The maximum absolute atomic E-state index is 12.9. The Hall–Kier alpha value is -3.35. The summed E-state index contributed by atoms with van der Waals surface area (Å²) < 4.78 is 10.7. The summed E-state index contributed by atoms with van der Waals surface area (Å²) in [5, 5.41) is 7.08. The van der Waals surface area contributed by atoms with E-state index >= 15 is 0 Å². The second kappa shape index (κ2) is 8.34. The molecule has 1 N–H and O–H groups in total. The zero-order chi connectivity index (χ0) is 20.2. The molecular weight excluding hydrogens is 368 g/mol. The number of amides is 2. The van der Waals surface area contributed by atoms with Crippen molar-refractivity contribution >= 4 is 11.7 Å². The summed E-state index contributed by atoms with van der Waals surface area (Å²) in [6.07, 6.45) is 2.76. The molecule has 7 nitrogen and oxygen atoms in total. The smallest absolute Gasteiger partial charge is 0.322 e. The van der Waals surface area contributed by atoms with Crippen molar-refractivity contribution in [2.45, 2.75) is 32.2 Å². The van der Waals surface area contributed by atoms with Gasteiger partial charge in [0.1, 0.15) is 11.8 Å². The zero-order valence-electron chi connectivity index (χ0n) is 16.6. The van der Waals surface area contributed by atoms with Gasteiger partial charge in [-0.05, 0) is 50.5 Å². The van der Waals surface area contributed by atoms with E-state index in [0.29, 0.717) is 23.9 Å². The SMILES string of the molecule is COc1ccc(NC(=O)N2CCCC[C@@H]2c2nc(-c3ccc(C)cc3)no2)cc1. The summed E-state index contributed by atoms with van der Waals surface area (Å²) in [6.45, 7) is 2.68. The van der Waals surface area contributed by atoms with Crippen LogP contribution in [0.1, 0.15) is 36.8 Å². The van der Waals surface area contributed by atoms with Gasteiger partial charge in [0.15, 0.2) is 0 Å². The van der Waals surface area contributed by atoms with Crippen LogP contribution in [0.2, 0.25) is 0 Å². The summed E-state index contributed by atoms with van der Waals surface area (Å²) in [4.78, 5) is 19.3. The zero-order valence-corrected chi connectivity index (χ0v) is 16.6. The van der Waals surface area contributed by atoms with Crippen molar-refractivity contribution < 1.29 is 14.1 Å². The van der Waals surface area contributed by atoms with Crippen LogP contribution in [-0.4, -0.2) is 34.7 Å². The van der Waals surface area contributed by atoms with E-state index in [2.05, 4.69) is 15.5 Å². The first-order chi connectivity index (χ1) is 14.1. The molecule has 7 heteroatoms. The number of carbonyl (C=O) groups is 1. The van der Waals surface area contributed by atoms with Gasteiger partial charge in [-0.1, -0.05) is 35.0 Å². The Kier molecular flexibility index (Phi) is 5.46. The van der Waals surface area contributed by atoms with Crippen LogP contribution in [0.5, 0.6) is 5.75 Å². The second-order valence-corrected chi connectivity index (χ2v) is 7.19. The maximum Gasteiger partial charge on any atom is 0.322 e. The Bertz CT molecular complexity index is 966. The van der Waals surface area contributed by atoms with E-state index in [1.165, 1.54) is 5.56 Å². The number of methoxy groups -OCH3 is 1. The van der Waals surface area contributed by atoms with Gasteiger partial charge in [-0.25, -0.2) is 4.79 Å². The molecule has 1 aliphatic rings. The number of anilines is 1. The van der Waals surface area contributed by atoms with E-state index in [9.17, 15) is 4.79 Å². The summed E-state index contributed by atoms with van der Waals surface area (Å²) in [5.41, 5.74) is 2.78. The number of aromatic nitrogens is 2. The van der Waals surface area contributed by atoms with Crippen molar-refractivity contribution in [1.29, 1.82) is 0 Å². The van der Waals surface area contributed by atoms with Gasteiger partial charge < -0.3 is 19.5 Å². The van der Waals surface area contributed by atoms with Crippen LogP contribution in [0, 0.1) is 6.92 Å². The average molecular weight is 392 g/mol. The molecular formula is C22H24N4O3. The first-order valence-corrected chi connectivity index (χ1v) is 9.76. The summed E-state index contributed by atoms with van der Waals surface area (Å²) >= 11 is 0. The molecule has 150 valence electrons. The van der Waals surface area contributed by atoms with Crippen LogP contribution in [0.3, 0.4) is 0 Å². The largest absolute Gasteiger partial charge is 0.497 e. The predicted octanol–water partition coefficient (Wildman–Crippen LogP) is 4.81. The molecule has 0 spiro atoms. The second-order valence-electron chi connectivity index (χ2n) is 7.19. The minimum atomic E-state index is -0.228. The number of nitrogens with one attached hydrogen (secondary N) is 1. The van der Waals surface area contributed by atoms with Crippen molar-refractivity contribution in [3.05, 3.63) is 60.0 Å². The number of hydrogen-bond acceptors (Lipinski definition) is 5. The molecule has 29 heavy (non-hydrogen) atoms. The summed E-state index contributed by atoms with van der Waals surface area (Å²) in [6, 6.07) is 14.8. The van der Waals surface area contributed by atoms with E-state index in [0.717, 1.165) is 30.6 Å². The van der Waals surface area contributed by atoms with E-state index in [1.54, 1.807) is 12.0 Å². The lowest BCUT2D eigenvalue weighted by atomic mass is 10.0. The highest BCUT2D eigenvalue weighted by molar-refractivity contribution is 5.89. The molecule has 2 amide bonds. The van der Waals surface area contributed by atoms with Gasteiger partial charge in [0, 0.05) is 17.8 Å². The molecule has 2 aromatic carbocycles. The Balaban J connectivity index is 1.51. The number of carbonyl (C=O) groups excluding carboxylic acids is 1. The van der Waals surface area contributed by atoms with Gasteiger partial charge in [0.2, 0.25) is 11.7 Å². The third kappa shape index (κ3) is 4.23. The van der Waals surface area contributed by atoms with Crippen LogP contribution in [0.25, 0.3) is 11.4 Å². The fraction of sp³-hybridized carbons (Fsp3) is 0.318. The number of aryl methyl sites for hydroxylation is 1. The molecule has 2 heterocycles. The number of ether oxygens (including phenoxy) is 1. The Labute approximate surface area is 169 Å². The number of hydrogen-bond donors (Lipinski definition) is 1. The lowest BCUT2D eigenvalue weighted by molar-refractivity contribution is 0.142.